The van der Waals surface area contributed by atoms with E-state index < -0.39 is 0 Å². The van der Waals surface area contributed by atoms with Crippen LogP contribution in [0.5, 0.6) is 5.75 Å². The summed E-state index contributed by atoms with van der Waals surface area (Å²) in [6.07, 6.45) is 0. The molecular weight excluding hydrogens is 262 g/mol. The number of benzene rings is 2. The van der Waals surface area contributed by atoms with Crippen molar-refractivity contribution in [3.63, 3.8) is 0 Å². The lowest BCUT2D eigenvalue weighted by Gasteiger charge is -2.07. The highest BCUT2D eigenvalue weighted by Gasteiger charge is 1.96. The number of rotatable bonds is 6. The second-order valence-electron chi connectivity index (χ2n) is 4.42. The van der Waals surface area contributed by atoms with Gasteiger partial charge in [0.05, 0.1) is 19.8 Å². The molecular formula is C18H19NO2. The Morgan fingerprint density at radius 2 is 1.81 bits per heavy atom. The van der Waals surface area contributed by atoms with Crippen LogP contribution in [0.15, 0.2) is 54.6 Å². The van der Waals surface area contributed by atoms with Gasteiger partial charge in [0, 0.05) is 5.56 Å². The number of hydrogen-bond donors (Lipinski definition) is 1. The van der Waals surface area contributed by atoms with Crippen LogP contribution in [0.3, 0.4) is 0 Å². The molecule has 0 fully saturated rings. The maximum Gasteiger partial charge on any atom is 0.120 e. The lowest BCUT2D eigenvalue weighted by molar-refractivity contribution is 0.0889. The van der Waals surface area contributed by atoms with E-state index in [1.165, 1.54) is 0 Å². The molecule has 2 N–H and O–H groups in total. The van der Waals surface area contributed by atoms with E-state index >= 15 is 0 Å². The molecule has 0 aliphatic carbocycles. The van der Waals surface area contributed by atoms with E-state index in [2.05, 4.69) is 11.8 Å². The minimum absolute atomic E-state index is 0.360. The molecule has 0 amide bonds. The Morgan fingerprint density at radius 3 is 2.62 bits per heavy atom. The Kier molecular flexibility index (Phi) is 6.34. The van der Waals surface area contributed by atoms with Crippen molar-refractivity contribution >= 4 is 0 Å². The number of ether oxygens (including phenoxy) is 2. The second kappa shape index (κ2) is 8.80. The van der Waals surface area contributed by atoms with E-state index in [9.17, 15) is 0 Å². The second-order valence-corrected chi connectivity index (χ2v) is 4.42. The van der Waals surface area contributed by atoms with Gasteiger partial charge in [-0.25, -0.2) is 0 Å². The third-order valence-corrected chi connectivity index (χ3v) is 2.78. The molecule has 2 aromatic rings. The zero-order valence-corrected chi connectivity index (χ0v) is 11.9. The van der Waals surface area contributed by atoms with Crippen molar-refractivity contribution < 1.29 is 9.47 Å². The molecule has 0 aromatic heterocycles. The molecule has 2 aromatic carbocycles. The Bertz CT molecular complexity index is 599. The van der Waals surface area contributed by atoms with Crippen LogP contribution < -0.4 is 10.5 Å². The molecule has 0 unspecified atom stereocenters. The van der Waals surface area contributed by atoms with Crippen LogP contribution in [0.4, 0.5) is 0 Å². The van der Waals surface area contributed by atoms with Crippen LogP contribution in [-0.2, 0) is 11.3 Å². The van der Waals surface area contributed by atoms with Crippen molar-refractivity contribution in [1.29, 1.82) is 0 Å². The molecule has 3 heteroatoms. The van der Waals surface area contributed by atoms with Crippen LogP contribution in [0.2, 0.25) is 0 Å². The molecule has 0 radical (unpaired) electrons. The predicted octanol–water partition coefficient (Wildman–Crippen LogP) is 2.59. The first-order chi connectivity index (χ1) is 10.4. The predicted molar refractivity (Wildman–Crippen MR) is 84.0 cm³/mol. The molecule has 2 rings (SSSR count). The summed E-state index contributed by atoms with van der Waals surface area (Å²) < 4.78 is 11.2. The highest BCUT2D eigenvalue weighted by molar-refractivity contribution is 5.39. The smallest absolute Gasteiger partial charge is 0.120 e. The maximum absolute atomic E-state index is 5.64. The number of nitrogens with two attached hydrogens (primary N) is 1. The maximum atomic E-state index is 5.64. The molecule has 3 nitrogen and oxygen atoms in total. The fourth-order valence-corrected chi connectivity index (χ4v) is 1.80. The molecule has 0 aliphatic rings. The van der Waals surface area contributed by atoms with Crippen molar-refractivity contribution in [3.05, 3.63) is 65.7 Å². The molecule has 0 saturated heterocycles. The molecule has 21 heavy (non-hydrogen) atoms. The molecule has 0 bridgehead atoms. The Morgan fingerprint density at radius 1 is 0.952 bits per heavy atom. The molecule has 0 atom stereocenters. The van der Waals surface area contributed by atoms with Crippen LogP contribution >= 0.6 is 0 Å². The molecule has 0 saturated carbocycles. The SMILES string of the molecule is NCC#Cc1cccc(OCCOCc2ccccc2)c1. The van der Waals surface area contributed by atoms with E-state index in [1.807, 2.05) is 54.6 Å². The summed E-state index contributed by atoms with van der Waals surface area (Å²) in [6.45, 7) is 2.03. The monoisotopic (exact) mass is 281 g/mol. The van der Waals surface area contributed by atoms with E-state index in [0.717, 1.165) is 16.9 Å². The fraction of sp³-hybridized carbons (Fsp3) is 0.222. The lowest BCUT2D eigenvalue weighted by Crippen LogP contribution is -2.06. The van der Waals surface area contributed by atoms with Crippen molar-refractivity contribution in [3.8, 4) is 17.6 Å². The van der Waals surface area contributed by atoms with Gasteiger partial charge in [-0.05, 0) is 23.8 Å². The summed E-state index contributed by atoms with van der Waals surface area (Å²) in [5.41, 5.74) is 7.42. The first-order valence-electron chi connectivity index (χ1n) is 6.92. The van der Waals surface area contributed by atoms with Crippen molar-refractivity contribution in [2.45, 2.75) is 6.61 Å². The third kappa shape index (κ3) is 5.70. The molecule has 0 spiro atoms. The third-order valence-electron chi connectivity index (χ3n) is 2.78. The molecule has 0 heterocycles. The van der Waals surface area contributed by atoms with Crippen molar-refractivity contribution in [2.75, 3.05) is 19.8 Å². The highest BCUT2D eigenvalue weighted by atomic mass is 16.5. The normalized spacial score (nSPS) is 9.76. The largest absolute Gasteiger partial charge is 0.491 e. The number of hydrogen-bond acceptors (Lipinski definition) is 3. The summed E-state index contributed by atoms with van der Waals surface area (Å²) in [4.78, 5) is 0. The Balaban J connectivity index is 1.71. The zero-order chi connectivity index (χ0) is 14.8. The minimum atomic E-state index is 0.360. The minimum Gasteiger partial charge on any atom is -0.491 e. The van der Waals surface area contributed by atoms with Gasteiger partial charge in [-0.15, -0.1) is 0 Å². The van der Waals surface area contributed by atoms with Gasteiger partial charge in [0.1, 0.15) is 12.4 Å². The molecule has 108 valence electrons. The average molecular weight is 281 g/mol. The van der Waals surface area contributed by atoms with Gasteiger partial charge in [-0.1, -0.05) is 48.2 Å². The van der Waals surface area contributed by atoms with E-state index in [1.54, 1.807) is 0 Å². The van der Waals surface area contributed by atoms with Crippen LogP contribution in [-0.4, -0.2) is 19.8 Å². The Labute approximate surface area is 125 Å². The fourth-order valence-electron chi connectivity index (χ4n) is 1.80. The van der Waals surface area contributed by atoms with Gasteiger partial charge in [-0.2, -0.15) is 0 Å². The summed E-state index contributed by atoms with van der Waals surface area (Å²) in [6, 6.07) is 17.7. The quantitative estimate of drug-likeness (QED) is 0.654. The average Bonchev–Trinajstić information content (AvgIpc) is 2.54. The zero-order valence-electron chi connectivity index (χ0n) is 11.9. The molecule has 0 aliphatic heterocycles. The van der Waals surface area contributed by atoms with Gasteiger partial charge in [0.15, 0.2) is 0 Å². The summed E-state index contributed by atoms with van der Waals surface area (Å²) in [5, 5.41) is 0. The first kappa shape index (κ1) is 15.1. The van der Waals surface area contributed by atoms with Crippen LogP contribution in [0.25, 0.3) is 0 Å². The summed E-state index contributed by atoms with van der Waals surface area (Å²) in [5.74, 6) is 6.60. The van der Waals surface area contributed by atoms with Crippen molar-refractivity contribution in [2.24, 2.45) is 5.73 Å². The summed E-state index contributed by atoms with van der Waals surface area (Å²) in [7, 11) is 0. The van der Waals surface area contributed by atoms with Gasteiger partial charge in [0.2, 0.25) is 0 Å². The van der Waals surface area contributed by atoms with Crippen LogP contribution in [0.1, 0.15) is 11.1 Å². The van der Waals surface area contributed by atoms with Gasteiger partial charge in [0.25, 0.3) is 0 Å². The standard InChI is InChI=1S/C18H19NO2/c19-11-5-9-16-8-4-10-18(14-16)21-13-12-20-15-17-6-2-1-3-7-17/h1-4,6-8,10,14H,11-13,15,19H2. The van der Waals surface area contributed by atoms with Crippen LogP contribution in [0, 0.1) is 11.8 Å². The lowest BCUT2D eigenvalue weighted by atomic mass is 10.2. The van der Waals surface area contributed by atoms with E-state index in [4.69, 9.17) is 15.2 Å². The first-order valence-corrected chi connectivity index (χ1v) is 6.92. The van der Waals surface area contributed by atoms with E-state index in [-0.39, 0.29) is 0 Å². The summed E-state index contributed by atoms with van der Waals surface area (Å²) >= 11 is 0. The Hall–Kier alpha value is -2.28. The van der Waals surface area contributed by atoms with Gasteiger partial charge in [-0.3, -0.25) is 0 Å². The topological polar surface area (TPSA) is 44.5 Å². The highest BCUT2D eigenvalue weighted by Crippen LogP contribution is 2.12. The van der Waals surface area contributed by atoms with Gasteiger partial charge >= 0.3 is 0 Å². The van der Waals surface area contributed by atoms with Gasteiger partial charge < -0.3 is 15.2 Å². The van der Waals surface area contributed by atoms with Crippen molar-refractivity contribution in [1.82, 2.24) is 0 Å². The van der Waals surface area contributed by atoms with E-state index in [0.29, 0.717) is 26.4 Å².